The molecule has 2 rings (SSSR count). The van der Waals surface area contributed by atoms with Gasteiger partial charge in [-0.3, -0.25) is 0 Å². The summed E-state index contributed by atoms with van der Waals surface area (Å²) in [6, 6.07) is 10.8. The van der Waals surface area contributed by atoms with E-state index in [1.54, 1.807) is 19.2 Å². The minimum absolute atomic E-state index is 0.200. The van der Waals surface area contributed by atoms with Crippen LogP contribution in [0.5, 0.6) is 5.75 Å². The van der Waals surface area contributed by atoms with Gasteiger partial charge in [0.15, 0.2) is 0 Å². The van der Waals surface area contributed by atoms with E-state index in [1.165, 1.54) is 11.6 Å². The van der Waals surface area contributed by atoms with Gasteiger partial charge in [0, 0.05) is 6.54 Å². The summed E-state index contributed by atoms with van der Waals surface area (Å²) in [5.41, 5.74) is 4.13. The Morgan fingerprint density at radius 1 is 1.11 bits per heavy atom. The van der Waals surface area contributed by atoms with E-state index >= 15 is 0 Å². The van der Waals surface area contributed by atoms with Gasteiger partial charge in [0.05, 0.1) is 12.8 Å². The van der Waals surface area contributed by atoms with Gasteiger partial charge in [-0.2, -0.15) is 0 Å². The van der Waals surface area contributed by atoms with E-state index in [0.717, 1.165) is 22.6 Å². The van der Waals surface area contributed by atoms with Crippen LogP contribution >= 0.6 is 0 Å². The number of nitrogens with one attached hydrogen (secondary N) is 1. The molecule has 2 aromatic rings. The van der Waals surface area contributed by atoms with Gasteiger partial charge in [-0.15, -0.1) is 0 Å². The molecule has 0 heterocycles. The molecule has 0 aliphatic heterocycles. The van der Waals surface area contributed by atoms with Crippen molar-refractivity contribution in [3.8, 4) is 5.75 Å². The van der Waals surface area contributed by atoms with Gasteiger partial charge in [-0.1, -0.05) is 12.1 Å². The molecule has 19 heavy (non-hydrogen) atoms. The molecule has 3 heteroatoms. The fourth-order valence-corrected chi connectivity index (χ4v) is 2.01. The maximum absolute atomic E-state index is 13.0. The van der Waals surface area contributed by atoms with Gasteiger partial charge in [0.25, 0.3) is 0 Å². The highest BCUT2D eigenvalue weighted by Gasteiger charge is 2.04. The number of rotatable bonds is 4. The summed E-state index contributed by atoms with van der Waals surface area (Å²) in [5.74, 6) is 0.611. The summed E-state index contributed by atoms with van der Waals surface area (Å²) in [4.78, 5) is 0. The van der Waals surface area contributed by atoms with Crippen molar-refractivity contribution in [1.82, 2.24) is 0 Å². The molecule has 0 aromatic heterocycles. The molecule has 0 amide bonds. The summed E-state index contributed by atoms with van der Waals surface area (Å²) >= 11 is 0. The first kappa shape index (κ1) is 13.4. The fraction of sp³-hybridized carbons (Fsp3) is 0.250. The van der Waals surface area contributed by atoms with E-state index in [4.69, 9.17) is 4.74 Å². The molecule has 0 fully saturated rings. The van der Waals surface area contributed by atoms with Crippen LogP contribution in [0.4, 0.5) is 10.1 Å². The van der Waals surface area contributed by atoms with Crippen LogP contribution in [0.1, 0.15) is 16.7 Å². The molecule has 0 radical (unpaired) electrons. The number of halogens is 1. The van der Waals surface area contributed by atoms with Crippen LogP contribution in [0.15, 0.2) is 36.4 Å². The zero-order chi connectivity index (χ0) is 13.8. The van der Waals surface area contributed by atoms with Crippen LogP contribution < -0.4 is 10.1 Å². The number of benzene rings is 2. The van der Waals surface area contributed by atoms with Crippen LogP contribution in [-0.2, 0) is 6.54 Å². The first-order valence-electron chi connectivity index (χ1n) is 6.23. The Balaban J connectivity index is 2.16. The van der Waals surface area contributed by atoms with E-state index in [-0.39, 0.29) is 5.82 Å². The monoisotopic (exact) mass is 259 g/mol. The summed E-state index contributed by atoms with van der Waals surface area (Å²) in [6.07, 6.45) is 0. The van der Waals surface area contributed by atoms with Crippen LogP contribution in [0, 0.1) is 19.7 Å². The number of hydrogen-bond acceptors (Lipinski definition) is 2. The van der Waals surface area contributed by atoms with Crippen molar-refractivity contribution in [2.45, 2.75) is 20.4 Å². The Morgan fingerprint density at radius 2 is 1.89 bits per heavy atom. The Hall–Kier alpha value is -2.03. The Morgan fingerprint density at radius 3 is 2.58 bits per heavy atom. The van der Waals surface area contributed by atoms with Crippen molar-refractivity contribution in [1.29, 1.82) is 0 Å². The lowest BCUT2D eigenvalue weighted by Crippen LogP contribution is -2.03. The molecule has 0 unspecified atom stereocenters. The first-order valence-corrected chi connectivity index (χ1v) is 6.23. The highest BCUT2D eigenvalue weighted by molar-refractivity contribution is 5.58. The highest BCUT2D eigenvalue weighted by Crippen LogP contribution is 2.26. The number of aryl methyl sites for hydroxylation is 2. The molecular weight excluding hydrogens is 241 g/mol. The second kappa shape index (κ2) is 5.74. The molecule has 0 bridgehead atoms. The van der Waals surface area contributed by atoms with Gasteiger partial charge < -0.3 is 10.1 Å². The van der Waals surface area contributed by atoms with Crippen LogP contribution in [0.25, 0.3) is 0 Å². The van der Waals surface area contributed by atoms with E-state index < -0.39 is 0 Å². The van der Waals surface area contributed by atoms with Crippen molar-refractivity contribution >= 4 is 5.69 Å². The van der Waals surface area contributed by atoms with Crippen molar-refractivity contribution in [3.05, 3.63) is 58.9 Å². The molecule has 0 aliphatic rings. The zero-order valence-corrected chi connectivity index (χ0v) is 11.5. The summed E-state index contributed by atoms with van der Waals surface area (Å²) in [5, 5.41) is 3.33. The van der Waals surface area contributed by atoms with Gasteiger partial charge in [-0.05, 0) is 54.8 Å². The van der Waals surface area contributed by atoms with Crippen LogP contribution in [0.2, 0.25) is 0 Å². The van der Waals surface area contributed by atoms with Gasteiger partial charge in [0.1, 0.15) is 11.6 Å². The lowest BCUT2D eigenvalue weighted by Gasteiger charge is -2.13. The smallest absolute Gasteiger partial charge is 0.141 e. The lowest BCUT2D eigenvalue weighted by atomic mass is 10.1. The second-order valence-corrected chi connectivity index (χ2v) is 4.63. The molecule has 0 saturated heterocycles. The maximum Gasteiger partial charge on any atom is 0.141 e. The highest BCUT2D eigenvalue weighted by atomic mass is 19.1. The third-order valence-corrected chi connectivity index (χ3v) is 3.13. The first-order chi connectivity index (χ1) is 9.10. The minimum Gasteiger partial charge on any atom is -0.495 e. The Kier molecular flexibility index (Phi) is 4.05. The second-order valence-electron chi connectivity index (χ2n) is 4.63. The van der Waals surface area contributed by atoms with Gasteiger partial charge in [-0.25, -0.2) is 4.39 Å². The molecule has 1 N–H and O–H groups in total. The summed E-state index contributed by atoms with van der Waals surface area (Å²) < 4.78 is 18.4. The summed E-state index contributed by atoms with van der Waals surface area (Å²) in [7, 11) is 1.65. The van der Waals surface area contributed by atoms with Crippen molar-refractivity contribution in [3.63, 3.8) is 0 Å². The number of methoxy groups -OCH3 is 1. The van der Waals surface area contributed by atoms with E-state index in [9.17, 15) is 4.39 Å². The molecule has 2 aromatic carbocycles. The minimum atomic E-state index is -0.200. The van der Waals surface area contributed by atoms with Crippen LogP contribution in [0.3, 0.4) is 0 Å². The van der Waals surface area contributed by atoms with Gasteiger partial charge >= 0.3 is 0 Å². The largest absolute Gasteiger partial charge is 0.495 e. The van der Waals surface area contributed by atoms with Crippen molar-refractivity contribution < 1.29 is 9.13 Å². The normalized spacial score (nSPS) is 10.3. The predicted molar refractivity (Wildman–Crippen MR) is 76.2 cm³/mol. The van der Waals surface area contributed by atoms with E-state index in [0.29, 0.717) is 6.54 Å². The number of anilines is 1. The third-order valence-electron chi connectivity index (χ3n) is 3.13. The molecule has 100 valence electrons. The van der Waals surface area contributed by atoms with Gasteiger partial charge in [0.2, 0.25) is 0 Å². The number of ether oxygens (including phenoxy) is 1. The molecule has 0 spiro atoms. The maximum atomic E-state index is 13.0. The molecule has 0 atom stereocenters. The summed E-state index contributed by atoms with van der Waals surface area (Å²) in [6.45, 7) is 4.59. The average Bonchev–Trinajstić information content (AvgIpc) is 2.38. The Labute approximate surface area is 113 Å². The topological polar surface area (TPSA) is 21.3 Å². The zero-order valence-electron chi connectivity index (χ0n) is 11.5. The third kappa shape index (κ3) is 3.25. The molecular formula is C16H18FNO. The standard InChI is InChI=1S/C16H18FNO/c1-11-4-7-16(19-3)15(8-11)18-10-13-5-6-14(17)9-12(13)2/h4-9,18H,10H2,1-3H3. The quantitative estimate of drug-likeness (QED) is 0.894. The molecule has 0 aliphatic carbocycles. The SMILES string of the molecule is COc1ccc(C)cc1NCc1ccc(F)cc1C. The molecule has 2 nitrogen and oxygen atoms in total. The predicted octanol–water partition coefficient (Wildman–Crippen LogP) is 4.06. The van der Waals surface area contributed by atoms with E-state index in [2.05, 4.69) is 5.32 Å². The van der Waals surface area contributed by atoms with Crippen molar-refractivity contribution in [2.75, 3.05) is 12.4 Å². The van der Waals surface area contributed by atoms with Crippen LogP contribution in [-0.4, -0.2) is 7.11 Å². The van der Waals surface area contributed by atoms with E-state index in [1.807, 2.05) is 32.0 Å². The Bertz CT molecular complexity index is 581. The fourth-order valence-electron chi connectivity index (χ4n) is 2.01. The molecule has 0 saturated carbocycles. The lowest BCUT2D eigenvalue weighted by molar-refractivity contribution is 0.416. The number of hydrogen-bond donors (Lipinski definition) is 1. The average molecular weight is 259 g/mol. The van der Waals surface area contributed by atoms with Crippen molar-refractivity contribution in [2.24, 2.45) is 0 Å².